The third-order valence-corrected chi connectivity index (χ3v) is 5.36. The van der Waals surface area contributed by atoms with E-state index < -0.39 is 0 Å². The zero-order valence-electron chi connectivity index (χ0n) is 12.7. The van der Waals surface area contributed by atoms with Crippen molar-refractivity contribution in [1.82, 2.24) is 4.90 Å². The van der Waals surface area contributed by atoms with Crippen molar-refractivity contribution < 1.29 is 9.13 Å². The first-order valence-electron chi connectivity index (χ1n) is 7.84. The topological polar surface area (TPSA) is 12.5 Å². The van der Waals surface area contributed by atoms with Crippen LogP contribution in [0.25, 0.3) is 10.8 Å². The van der Waals surface area contributed by atoms with Gasteiger partial charge in [-0.15, -0.1) is 11.3 Å². The summed E-state index contributed by atoms with van der Waals surface area (Å²) in [6.07, 6.45) is -0.0314. The monoisotopic (exact) mass is 327 g/mol. The van der Waals surface area contributed by atoms with Gasteiger partial charge in [0.2, 0.25) is 0 Å². The summed E-state index contributed by atoms with van der Waals surface area (Å²) in [5.41, 5.74) is 1.26. The van der Waals surface area contributed by atoms with Crippen molar-refractivity contribution in [2.24, 2.45) is 0 Å². The normalized spacial score (nSPS) is 18.0. The Balaban J connectivity index is 1.67. The van der Waals surface area contributed by atoms with Gasteiger partial charge in [0, 0.05) is 25.0 Å². The molecule has 2 heterocycles. The third kappa shape index (κ3) is 2.84. The van der Waals surface area contributed by atoms with E-state index in [4.69, 9.17) is 4.74 Å². The van der Waals surface area contributed by atoms with Crippen molar-refractivity contribution in [3.05, 3.63) is 64.4 Å². The summed E-state index contributed by atoms with van der Waals surface area (Å²) >= 11 is 1.73. The Kier molecular flexibility index (Phi) is 4.02. The van der Waals surface area contributed by atoms with Crippen LogP contribution in [0.3, 0.4) is 0 Å². The molecule has 0 saturated carbocycles. The Morgan fingerprint density at radius 2 is 2.00 bits per heavy atom. The van der Waals surface area contributed by atoms with Crippen molar-refractivity contribution in [2.45, 2.75) is 12.6 Å². The first-order valence-corrected chi connectivity index (χ1v) is 8.72. The highest BCUT2D eigenvalue weighted by molar-refractivity contribution is 7.10. The number of benzene rings is 2. The van der Waals surface area contributed by atoms with Gasteiger partial charge in [-0.25, -0.2) is 4.39 Å². The van der Waals surface area contributed by atoms with Gasteiger partial charge in [-0.05, 0) is 28.5 Å². The quantitative estimate of drug-likeness (QED) is 0.682. The van der Waals surface area contributed by atoms with Crippen LogP contribution >= 0.6 is 11.3 Å². The van der Waals surface area contributed by atoms with Gasteiger partial charge in [0.25, 0.3) is 0 Å². The second-order valence-corrected chi connectivity index (χ2v) is 6.77. The van der Waals surface area contributed by atoms with Gasteiger partial charge in [0.05, 0.1) is 4.88 Å². The molecule has 0 saturated heterocycles. The predicted octanol–water partition coefficient (Wildman–Crippen LogP) is 4.81. The number of thiophene rings is 1. The van der Waals surface area contributed by atoms with Crippen molar-refractivity contribution in [1.29, 1.82) is 0 Å². The maximum Gasteiger partial charge on any atom is 0.146 e. The first-order chi connectivity index (χ1) is 11.3. The number of ether oxygens (including phenoxy) is 1. The molecular weight excluding hydrogens is 309 g/mol. The molecule has 0 bridgehead atoms. The molecule has 1 unspecified atom stereocenters. The van der Waals surface area contributed by atoms with Gasteiger partial charge in [0.1, 0.15) is 18.5 Å². The number of rotatable bonds is 4. The fourth-order valence-corrected chi connectivity index (χ4v) is 4.15. The summed E-state index contributed by atoms with van der Waals surface area (Å²) in [5.74, 6) is 0.898. The minimum absolute atomic E-state index is 0.0314. The van der Waals surface area contributed by atoms with E-state index in [0.717, 1.165) is 24.2 Å². The molecule has 3 aromatic rings. The Hall–Kier alpha value is -1.91. The summed E-state index contributed by atoms with van der Waals surface area (Å²) in [6, 6.07) is 16.5. The molecule has 0 N–H and O–H groups in total. The van der Waals surface area contributed by atoms with Crippen molar-refractivity contribution in [3.8, 4) is 5.75 Å². The standard InChI is InChI=1S/C19H18FNOS/c20-9-10-21-12-15-8-11-23-19(15)18(13-21)22-17-7-3-5-14-4-1-2-6-16(14)17/h1-8,11,18H,9-10,12-13H2. The van der Waals surface area contributed by atoms with E-state index in [1.165, 1.54) is 15.8 Å². The average Bonchev–Trinajstić information content (AvgIpc) is 3.04. The van der Waals surface area contributed by atoms with Gasteiger partial charge in [-0.2, -0.15) is 0 Å². The molecule has 2 nitrogen and oxygen atoms in total. The maximum atomic E-state index is 12.8. The number of alkyl halides is 1. The van der Waals surface area contributed by atoms with E-state index in [-0.39, 0.29) is 12.8 Å². The van der Waals surface area contributed by atoms with Crippen LogP contribution in [0.5, 0.6) is 5.75 Å². The predicted molar refractivity (Wildman–Crippen MR) is 92.9 cm³/mol. The van der Waals surface area contributed by atoms with E-state index in [2.05, 4.69) is 34.5 Å². The van der Waals surface area contributed by atoms with Gasteiger partial charge in [-0.3, -0.25) is 4.90 Å². The first kappa shape index (κ1) is 14.7. The smallest absolute Gasteiger partial charge is 0.146 e. The summed E-state index contributed by atoms with van der Waals surface area (Å²) in [5, 5.41) is 4.40. The molecule has 4 heteroatoms. The fraction of sp³-hybridized carbons (Fsp3) is 0.263. The minimum atomic E-state index is -0.319. The Morgan fingerprint density at radius 3 is 2.91 bits per heavy atom. The molecule has 0 aliphatic carbocycles. The number of halogens is 1. The van der Waals surface area contributed by atoms with Gasteiger partial charge in [-0.1, -0.05) is 36.4 Å². The molecule has 1 aromatic heterocycles. The Bertz CT molecular complexity index is 810. The molecule has 118 valence electrons. The van der Waals surface area contributed by atoms with Crippen LogP contribution in [0, 0.1) is 0 Å². The molecule has 1 atom stereocenters. The SMILES string of the molecule is FCCN1Cc2ccsc2C(Oc2cccc3ccccc23)C1. The minimum Gasteiger partial charge on any atom is -0.483 e. The van der Waals surface area contributed by atoms with Crippen molar-refractivity contribution >= 4 is 22.1 Å². The summed E-state index contributed by atoms with van der Waals surface area (Å²) in [6.45, 7) is 1.70. The second kappa shape index (κ2) is 6.30. The number of hydrogen-bond donors (Lipinski definition) is 0. The molecule has 4 rings (SSSR count). The summed E-state index contributed by atoms with van der Waals surface area (Å²) < 4.78 is 19.1. The van der Waals surface area contributed by atoms with Crippen molar-refractivity contribution in [2.75, 3.05) is 19.8 Å². The lowest BCUT2D eigenvalue weighted by molar-refractivity contribution is 0.111. The molecule has 1 aliphatic heterocycles. The fourth-order valence-electron chi connectivity index (χ4n) is 3.22. The van der Waals surface area contributed by atoms with Crippen LogP contribution in [0.4, 0.5) is 4.39 Å². The maximum absolute atomic E-state index is 12.8. The van der Waals surface area contributed by atoms with Gasteiger partial charge in [0.15, 0.2) is 0 Å². The highest BCUT2D eigenvalue weighted by Gasteiger charge is 2.28. The molecule has 2 aromatic carbocycles. The number of fused-ring (bicyclic) bond motifs is 2. The van der Waals surface area contributed by atoms with E-state index in [0.29, 0.717) is 6.54 Å². The zero-order valence-corrected chi connectivity index (χ0v) is 13.6. The molecule has 0 spiro atoms. The van der Waals surface area contributed by atoms with E-state index in [9.17, 15) is 4.39 Å². The van der Waals surface area contributed by atoms with Crippen LogP contribution in [0.1, 0.15) is 16.5 Å². The summed E-state index contributed by atoms with van der Waals surface area (Å²) in [4.78, 5) is 3.40. The average molecular weight is 327 g/mol. The lowest BCUT2D eigenvalue weighted by Crippen LogP contribution is -2.36. The van der Waals surface area contributed by atoms with Crippen LogP contribution in [0.15, 0.2) is 53.9 Å². The van der Waals surface area contributed by atoms with Crippen molar-refractivity contribution in [3.63, 3.8) is 0 Å². The van der Waals surface area contributed by atoms with Gasteiger partial charge < -0.3 is 4.74 Å². The second-order valence-electron chi connectivity index (χ2n) is 5.82. The zero-order chi connectivity index (χ0) is 15.6. The van der Waals surface area contributed by atoms with Crippen LogP contribution in [-0.4, -0.2) is 24.7 Å². The van der Waals surface area contributed by atoms with Crippen LogP contribution < -0.4 is 4.74 Å². The van der Waals surface area contributed by atoms with E-state index in [1.54, 1.807) is 11.3 Å². The number of hydrogen-bond acceptors (Lipinski definition) is 3. The Morgan fingerprint density at radius 1 is 1.13 bits per heavy atom. The molecule has 23 heavy (non-hydrogen) atoms. The molecule has 0 radical (unpaired) electrons. The third-order valence-electron chi connectivity index (χ3n) is 4.31. The van der Waals surface area contributed by atoms with E-state index >= 15 is 0 Å². The lowest BCUT2D eigenvalue weighted by Gasteiger charge is -2.32. The molecule has 0 fully saturated rings. The molecule has 1 aliphatic rings. The highest BCUT2D eigenvalue weighted by atomic mass is 32.1. The number of nitrogens with zero attached hydrogens (tertiary/aromatic N) is 1. The lowest BCUT2D eigenvalue weighted by atomic mass is 10.1. The van der Waals surface area contributed by atoms with E-state index in [1.807, 2.05) is 24.3 Å². The molecular formula is C19H18FNOS. The van der Waals surface area contributed by atoms with Crippen LogP contribution in [0.2, 0.25) is 0 Å². The highest BCUT2D eigenvalue weighted by Crippen LogP contribution is 2.36. The molecule has 0 amide bonds. The Labute approximate surface area is 139 Å². The largest absolute Gasteiger partial charge is 0.483 e. The van der Waals surface area contributed by atoms with Crippen LogP contribution in [-0.2, 0) is 6.54 Å². The van der Waals surface area contributed by atoms with Gasteiger partial charge >= 0.3 is 0 Å². The summed E-state index contributed by atoms with van der Waals surface area (Å²) in [7, 11) is 0.